The second-order valence-corrected chi connectivity index (χ2v) is 29.3. The average molecular weight is 839 g/mol. The van der Waals surface area contributed by atoms with Gasteiger partial charge in [-0.1, -0.05) is 165 Å². The van der Waals surface area contributed by atoms with Crippen LogP contribution in [0.5, 0.6) is 0 Å². The molecule has 10 rings (SSSR count). The minimum atomic E-state index is -2.26. The van der Waals surface area contributed by atoms with Gasteiger partial charge in [0.25, 0.3) is 0 Å². The Hall–Kier alpha value is -5.95. The number of rotatable bonds is 6. The SMILES string of the molecule is CC(C)(C)c1ccc(N(c2ccccc2)c2ccc3c(c2)[Si](C)(C)c2c4c(c5ccccc5c2-3)-c2ccc(N(c3ccccc3)c3ccc(C(C)(C)C)cc3)cc2[Si]4(C)C)cc1. The highest BCUT2D eigenvalue weighted by molar-refractivity contribution is 7.13. The van der Waals surface area contributed by atoms with Crippen LogP contribution < -0.4 is 30.5 Å². The first-order valence-electron chi connectivity index (χ1n) is 22.4. The Bertz CT molecular complexity index is 2800. The van der Waals surface area contributed by atoms with Crippen molar-refractivity contribution in [3.8, 4) is 22.3 Å². The molecule has 2 heterocycles. The molecule has 0 unspecified atom stereocenters. The van der Waals surface area contributed by atoms with E-state index >= 15 is 0 Å². The maximum absolute atomic E-state index is 2.62. The Morgan fingerprint density at radius 1 is 0.339 bits per heavy atom. The fourth-order valence-electron chi connectivity index (χ4n) is 10.6. The van der Waals surface area contributed by atoms with Crippen LogP contribution in [0.25, 0.3) is 33.0 Å². The van der Waals surface area contributed by atoms with Gasteiger partial charge in [0.15, 0.2) is 0 Å². The van der Waals surface area contributed by atoms with Crippen molar-refractivity contribution in [2.45, 2.75) is 78.6 Å². The summed E-state index contributed by atoms with van der Waals surface area (Å²) in [7, 11) is -4.52. The highest BCUT2D eigenvalue weighted by atomic mass is 28.3. The van der Waals surface area contributed by atoms with Crippen LogP contribution in [0.3, 0.4) is 0 Å². The lowest BCUT2D eigenvalue weighted by Gasteiger charge is -2.31. The van der Waals surface area contributed by atoms with Crippen LogP contribution >= 0.6 is 0 Å². The summed E-state index contributed by atoms with van der Waals surface area (Å²) in [5, 5.41) is 9.16. The smallest absolute Gasteiger partial charge is 0.113 e. The predicted octanol–water partition coefficient (Wildman–Crippen LogP) is 14.0. The van der Waals surface area contributed by atoms with Crippen LogP contribution in [0.4, 0.5) is 34.1 Å². The normalized spacial score (nSPS) is 14.5. The molecular formula is C58H58N2Si2. The van der Waals surface area contributed by atoms with Crippen molar-refractivity contribution >= 4 is 81.8 Å². The molecular weight excluding hydrogens is 781 g/mol. The molecule has 0 N–H and O–H groups in total. The first-order chi connectivity index (χ1) is 29.5. The molecule has 308 valence electrons. The number of hydrogen-bond acceptors (Lipinski definition) is 2. The molecule has 8 aromatic rings. The van der Waals surface area contributed by atoms with E-state index in [1.807, 2.05) is 0 Å². The molecule has 0 bridgehead atoms. The highest BCUT2D eigenvalue weighted by Crippen LogP contribution is 2.45. The third-order valence-electron chi connectivity index (χ3n) is 13.9. The van der Waals surface area contributed by atoms with Gasteiger partial charge in [0.05, 0.1) is 0 Å². The molecule has 62 heavy (non-hydrogen) atoms. The first kappa shape index (κ1) is 40.1. The Balaban J connectivity index is 1.14. The van der Waals surface area contributed by atoms with Gasteiger partial charge in [-0.15, -0.1) is 0 Å². The monoisotopic (exact) mass is 838 g/mol. The molecule has 0 spiro atoms. The maximum Gasteiger partial charge on any atom is 0.113 e. The summed E-state index contributed by atoms with van der Waals surface area (Å²) < 4.78 is 0. The summed E-state index contributed by atoms with van der Waals surface area (Å²) >= 11 is 0. The van der Waals surface area contributed by atoms with E-state index in [1.54, 1.807) is 10.4 Å². The molecule has 0 radical (unpaired) electrons. The van der Waals surface area contributed by atoms with E-state index in [4.69, 9.17) is 0 Å². The third kappa shape index (κ3) is 6.33. The van der Waals surface area contributed by atoms with Gasteiger partial charge in [-0.2, -0.15) is 0 Å². The second-order valence-electron chi connectivity index (χ2n) is 20.7. The fourth-order valence-corrected chi connectivity index (χ4v) is 19.1. The average Bonchev–Trinajstić information content (AvgIpc) is 3.63. The largest absolute Gasteiger partial charge is 0.311 e. The zero-order valence-electron chi connectivity index (χ0n) is 38.1. The van der Waals surface area contributed by atoms with Crippen LogP contribution in [0.1, 0.15) is 52.7 Å². The second kappa shape index (κ2) is 14.3. The van der Waals surface area contributed by atoms with Gasteiger partial charge in [0, 0.05) is 34.1 Å². The predicted molar refractivity (Wildman–Crippen MR) is 275 cm³/mol. The number of fused-ring (bicyclic) bond motifs is 10. The molecule has 0 saturated heterocycles. The van der Waals surface area contributed by atoms with Crippen LogP contribution in [0, 0.1) is 0 Å². The molecule has 2 aliphatic rings. The minimum absolute atomic E-state index is 0.0894. The van der Waals surface area contributed by atoms with E-state index in [0.717, 1.165) is 0 Å². The standard InChI is InChI=1S/C58H58N2Si2/c1-57(2,3)39-25-29-43(30-26-39)59(41-19-13-11-14-20-41)45-33-35-49-51(37-45)61(7,8)55-53(49)47-23-17-18-24-48(47)54-50-36-34-46(38-52(50)62(9,10)56(54)55)60(42-21-15-12-16-22-42)44-31-27-40(28-32-44)58(4,5)6/h11-38H,1-10H3. The highest BCUT2D eigenvalue weighted by Gasteiger charge is 2.49. The molecule has 4 heteroatoms. The topological polar surface area (TPSA) is 6.48 Å². The lowest BCUT2D eigenvalue weighted by Crippen LogP contribution is -2.63. The number of nitrogens with zero attached hydrogens (tertiary/aromatic N) is 2. The molecule has 0 atom stereocenters. The van der Waals surface area contributed by atoms with Gasteiger partial charge in [0.1, 0.15) is 16.1 Å². The summed E-state index contributed by atoms with van der Waals surface area (Å²) in [4.78, 5) is 4.90. The Morgan fingerprint density at radius 2 is 0.645 bits per heavy atom. The van der Waals surface area contributed by atoms with E-state index < -0.39 is 16.1 Å². The number of hydrogen-bond donors (Lipinski definition) is 0. The summed E-state index contributed by atoms with van der Waals surface area (Å²) in [6.45, 7) is 24.2. The quantitative estimate of drug-likeness (QED) is 0.154. The van der Waals surface area contributed by atoms with Crippen LogP contribution in [0.15, 0.2) is 170 Å². The van der Waals surface area contributed by atoms with E-state index in [9.17, 15) is 0 Å². The van der Waals surface area contributed by atoms with Gasteiger partial charge in [-0.3, -0.25) is 0 Å². The van der Waals surface area contributed by atoms with Gasteiger partial charge in [-0.25, -0.2) is 0 Å². The lowest BCUT2D eigenvalue weighted by atomic mass is 9.87. The van der Waals surface area contributed by atoms with E-state index in [-0.39, 0.29) is 10.8 Å². The summed E-state index contributed by atoms with van der Waals surface area (Å²) in [6, 6.07) is 64.3. The van der Waals surface area contributed by atoms with E-state index in [0.29, 0.717) is 0 Å². The van der Waals surface area contributed by atoms with Crippen molar-refractivity contribution in [1.29, 1.82) is 0 Å². The van der Waals surface area contributed by atoms with Crippen LogP contribution in [-0.2, 0) is 10.8 Å². The van der Waals surface area contributed by atoms with E-state index in [1.165, 1.54) is 88.7 Å². The fraction of sp³-hybridized carbons (Fsp3) is 0.207. The van der Waals surface area contributed by atoms with Crippen LogP contribution in [-0.4, -0.2) is 16.1 Å². The number of para-hydroxylation sites is 2. The molecule has 0 saturated carbocycles. The summed E-state index contributed by atoms with van der Waals surface area (Å²) in [5.74, 6) is 0. The number of anilines is 6. The van der Waals surface area contributed by atoms with Crippen molar-refractivity contribution in [3.05, 3.63) is 181 Å². The lowest BCUT2D eigenvalue weighted by molar-refractivity contribution is 0.590. The third-order valence-corrected chi connectivity index (χ3v) is 21.2. The Labute approximate surface area is 371 Å². The zero-order chi connectivity index (χ0) is 43.3. The summed E-state index contributed by atoms with van der Waals surface area (Å²) in [5.41, 5.74) is 15.8. The van der Waals surface area contributed by atoms with Crippen LogP contribution in [0.2, 0.25) is 26.2 Å². The Morgan fingerprint density at radius 3 is 0.984 bits per heavy atom. The van der Waals surface area contributed by atoms with Crippen molar-refractivity contribution in [2.24, 2.45) is 0 Å². The molecule has 8 aromatic carbocycles. The van der Waals surface area contributed by atoms with Gasteiger partial charge in [0.2, 0.25) is 0 Å². The molecule has 0 fully saturated rings. The molecule has 0 aromatic heterocycles. The van der Waals surface area contributed by atoms with Gasteiger partial charge < -0.3 is 9.80 Å². The van der Waals surface area contributed by atoms with E-state index in [2.05, 4.69) is 247 Å². The van der Waals surface area contributed by atoms with Crippen molar-refractivity contribution in [1.82, 2.24) is 0 Å². The molecule has 0 amide bonds. The first-order valence-corrected chi connectivity index (χ1v) is 28.4. The minimum Gasteiger partial charge on any atom is -0.311 e. The molecule has 0 aliphatic carbocycles. The maximum atomic E-state index is 2.62. The zero-order valence-corrected chi connectivity index (χ0v) is 40.1. The Kier molecular flexibility index (Phi) is 9.26. The van der Waals surface area contributed by atoms with Gasteiger partial charge >= 0.3 is 0 Å². The number of benzene rings is 8. The van der Waals surface area contributed by atoms with Crippen molar-refractivity contribution < 1.29 is 0 Å². The summed E-state index contributed by atoms with van der Waals surface area (Å²) in [6.07, 6.45) is 0. The van der Waals surface area contributed by atoms with Crippen molar-refractivity contribution in [2.75, 3.05) is 9.80 Å². The molecule has 2 nitrogen and oxygen atoms in total. The molecule has 2 aliphatic heterocycles. The van der Waals surface area contributed by atoms with Crippen molar-refractivity contribution in [3.63, 3.8) is 0 Å². The van der Waals surface area contributed by atoms with Gasteiger partial charge in [-0.05, 0) is 149 Å².